The van der Waals surface area contributed by atoms with E-state index >= 15 is 0 Å². The van der Waals surface area contributed by atoms with Crippen LogP contribution in [0.1, 0.15) is 37.5 Å². The molecule has 0 bridgehead atoms. The number of rotatable bonds is 2. The van der Waals surface area contributed by atoms with Gasteiger partial charge in [-0.1, -0.05) is 26.8 Å². The summed E-state index contributed by atoms with van der Waals surface area (Å²) in [6.45, 7) is 10.4. The summed E-state index contributed by atoms with van der Waals surface area (Å²) in [5.41, 5.74) is 3.92. The van der Waals surface area contributed by atoms with Gasteiger partial charge in [-0.25, -0.2) is 0 Å². The molecule has 0 aliphatic heterocycles. The Morgan fingerprint density at radius 2 is 1.71 bits per heavy atom. The maximum atomic E-state index is 5.27. The number of ether oxygens (including phenoxy) is 1. The third-order valence-electron chi connectivity index (χ3n) is 2.21. The molecule has 1 rings (SSSR count). The minimum Gasteiger partial charge on any atom is -0.496 e. The second kappa shape index (κ2) is 6.47. The lowest BCUT2D eigenvalue weighted by atomic mass is 10.0. The molecule has 0 aliphatic rings. The Morgan fingerprint density at radius 3 is 2.14 bits per heavy atom. The zero-order valence-electron chi connectivity index (χ0n) is 10.3. The highest BCUT2D eigenvalue weighted by atomic mass is 16.5. The minimum atomic E-state index is 1.01. The molecule has 1 aromatic carbocycles. The van der Waals surface area contributed by atoms with Gasteiger partial charge in [0.2, 0.25) is 0 Å². The first kappa shape index (κ1) is 13.0. The van der Waals surface area contributed by atoms with Crippen LogP contribution in [0, 0.1) is 13.8 Å². The van der Waals surface area contributed by atoms with Crippen LogP contribution in [0.4, 0.5) is 0 Å². The van der Waals surface area contributed by atoms with E-state index in [1.807, 2.05) is 13.8 Å². The maximum absolute atomic E-state index is 5.27. The predicted molar refractivity (Wildman–Crippen MR) is 63.2 cm³/mol. The van der Waals surface area contributed by atoms with E-state index in [0.29, 0.717) is 0 Å². The van der Waals surface area contributed by atoms with Gasteiger partial charge in [-0.15, -0.1) is 0 Å². The van der Waals surface area contributed by atoms with E-state index in [2.05, 4.69) is 32.9 Å². The highest BCUT2D eigenvalue weighted by Gasteiger charge is 2.03. The van der Waals surface area contributed by atoms with Crippen LogP contribution in [0.2, 0.25) is 0 Å². The molecule has 1 nitrogen and oxygen atoms in total. The van der Waals surface area contributed by atoms with Crippen LogP contribution >= 0.6 is 0 Å². The smallest absolute Gasteiger partial charge is 0.122 e. The van der Waals surface area contributed by atoms with E-state index in [9.17, 15) is 0 Å². The second-order valence-electron chi connectivity index (χ2n) is 3.10. The molecule has 0 unspecified atom stereocenters. The fraction of sp³-hybridized carbons (Fsp3) is 0.538. The van der Waals surface area contributed by atoms with Crippen LogP contribution in [0.15, 0.2) is 12.1 Å². The molecule has 0 atom stereocenters. The van der Waals surface area contributed by atoms with Crippen LogP contribution in [0.5, 0.6) is 5.75 Å². The molecular weight excluding hydrogens is 172 g/mol. The molecule has 0 saturated heterocycles. The zero-order valence-corrected chi connectivity index (χ0v) is 10.3. The second-order valence-corrected chi connectivity index (χ2v) is 3.10. The fourth-order valence-corrected chi connectivity index (χ4v) is 1.48. The third kappa shape index (κ3) is 3.06. The number of hydrogen-bond donors (Lipinski definition) is 0. The van der Waals surface area contributed by atoms with Gasteiger partial charge in [0.15, 0.2) is 0 Å². The van der Waals surface area contributed by atoms with Crippen molar-refractivity contribution in [1.82, 2.24) is 0 Å². The van der Waals surface area contributed by atoms with Gasteiger partial charge in [0.25, 0.3) is 0 Å². The van der Waals surface area contributed by atoms with Gasteiger partial charge < -0.3 is 4.74 Å². The summed E-state index contributed by atoms with van der Waals surface area (Å²) >= 11 is 0. The van der Waals surface area contributed by atoms with Gasteiger partial charge in [-0.3, -0.25) is 0 Å². The Balaban J connectivity index is 0.000000791. The molecule has 0 N–H and O–H groups in total. The van der Waals surface area contributed by atoms with Gasteiger partial charge in [0.1, 0.15) is 5.75 Å². The number of aryl methyl sites for hydroxylation is 2. The van der Waals surface area contributed by atoms with Crippen LogP contribution in [-0.2, 0) is 6.42 Å². The maximum Gasteiger partial charge on any atom is 0.122 e. The average Bonchev–Trinajstić information content (AvgIpc) is 2.23. The first-order valence-electron chi connectivity index (χ1n) is 5.33. The molecular formula is C13H22O. The Morgan fingerprint density at radius 1 is 1.14 bits per heavy atom. The highest BCUT2D eigenvalue weighted by Crippen LogP contribution is 2.23. The molecule has 0 amide bonds. The van der Waals surface area contributed by atoms with E-state index in [1.165, 1.54) is 16.7 Å². The first-order valence-corrected chi connectivity index (χ1v) is 5.33. The quantitative estimate of drug-likeness (QED) is 0.693. The SMILES string of the molecule is CC.CCc1cc(C)cc(OC)c1C. The first-order chi connectivity index (χ1) is 6.69. The molecule has 14 heavy (non-hydrogen) atoms. The van der Waals surface area contributed by atoms with Gasteiger partial charge >= 0.3 is 0 Å². The Hall–Kier alpha value is -0.980. The molecule has 0 radical (unpaired) electrons. The van der Waals surface area contributed by atoms with Gasteiger partial charge in [-0.2, -0.15) is 0 Å². The standard InChI is InChI=1S/C11H16O.C2H6/c1-5-10-6-8(2)7-11(12-4)9(10)3;1-2/h6-7H,5H2,1-4H3;1-2H3. The molecule has 0 spiro atoms. The molecule has 0 heterocycles. The average molecular weight is 194 g/mol. The summed E-state index contributed by atoms with van der Waals surface area (Å²) in [4.78, 5) is 0. The van der Waals surface area contributed by atoms with Crippen molar-refractivity contribution < 1.29 is 4.74 Å². The van der Waals surface area contributed by atoms with E-state index < -0.39 is 0 Å². The normalized spacial score (nSPS) is 9.00. The molecule has 0 saturated carbocycles. The molecule has 1 aromatic rings. The van der Waals surface area contributed by atoms with Gasteiger partial charge in [0.05, 0.1) is 7.11 Å². The lowest BCUT2D eigenvalue weighted by molar-refractivity contribution is 0.410. The minimum absolute atomic E-state index is 1.01. The van der Waals surface area contributed by atoms with E-state index in [1.54, 1.807) is 7.11 Å². The van der Waals surface area contributed by atoms with Crippen molar-refractivity contribution in [3.05, 3.63) is 28.8 Å². The summed E-state index contributed by atoms with van der Waals surface area (Å²) in [6.07, 6.45) is 1.07. The number of methoxy groups -OCH3 is 1. The van der Waals surface area contributed by atoms with Crippen molar-refractivity contribution in [2.75, 3.05) is 7.11 Å². The Kier molecular flexibility index (Phi) is 6.02. The van der Waals surface area contributed by atoms with E-state index in [0.717, 1.165) is 12.2 Å². The van der Waals surface area contributed by atoms with Crippen LogP contribution in [-0.4, -0.2) is 7.11 Å². The summed E-state index contributed by atoms with van der Waals surface area (Å²) < 4.78 is 5.27. The van der Waals surface area contributed by atoms with Crippen LogP contribution < -0.4 is 4.74 Å². The monoisotopic (exact) mass is 194 g/mol. The highest BCUT2D eigenvalue weighted by molar-refractivity contribution is 5.42. The van der Waals surface area contributed by atoms with E-state index in [-0.39, 0.29) is 0 Å². The summed E-state index contributed by atoms with van der Waals surface area (Å²) in [6, 6.07) is 4.30. The fourth-order valence-electron chi connectivity index (χ4n) is 1.48. The van der Waals surface area contributed by atoms with Crippen molar-refractivity contribution >= 4 is 0 Å². The lowest BCUT2D eigenvalue weighted by Crippen LogP contribution is -1.93. The van der Waals surface area contributed by atoms with Crippen molar-refractivity contribution in [3.8, 4) is 5.75 Å². The Labute approximate surface area is 88.1 Å². The summed E-state index contributed by atoms with van der Waals surface area (Å²) in [5, 5.41) is 0. The van der Waals surface area contributed by atoms with Crippen LogP contribution in [0.25, 0.3) is 0 Å². The molecule has 80 valence electrons. The van der Waals surface area contributed by atoms with Gasteiger partial charge in [-0.05, 0) is 43.0 Å². The number of benzene rings is 1. The molecule has 0 aliphatic carbocycles. The molecule has 1 heteroatoms. The lowest BCUT2D eigenvalue weighted by Gasteiger charge is -2.10. The van der Waals surface area contributed by atoms with Crippen LogP contribution in [0.3, 0.4) is 0 Å². The summed E-state index contributed by atoms with van der Waals surface area (Å²) in [7, 11) is 1.72. The van der Waals surface area contributed by atoms with Crippen molar-refractivity contribution in [3.63, 3.8) is 0 Å². The Bertz CT molecular complexity index is 252. The van der Waals surface area contributed by atoms with E-state index in [4.69, 9.17) is 4.74 Å². The van der Waals surface area contributed by atoms with Crippen molar-refractivity contribution in [2.24, 2.45) is 0 Å². The molecule has 0 fully saturated rings. The van der Waals surface area contributed by atoms with Crippen molar-refractivity contribution in [2.45, 2.75) is 41.0 Å². The van der Waals surface area contributed by atoms with Crippen molar-refractivity contribution in [1.29, 1.82) is 0 Å². The summed E-state index contributed by atoms with van der Waals surface area (Å²) in [5.74, 6) is 1.01. The predicted octanol–water partition coefficient (Wildman–Crippen LogP) is 3.90. The third-order valence-corrected chi connectivity index (χ3v) is 2.21. The topological polar surface area (TPSA) is 9.23 Å². The molecule has 0 aromatic heterocycles. The largest absolute Gasteiger partial charge is 0.496 e. The van der Waals surface area contributed by atoms with Gasteiger partial charge in [0, 0.05) is 0 Å². The zero-order chi connectivity index (χ0) is 11.1. The number of hydrogen-bond acceptors (Lipinski definition) is 1.